The molecule has 1 fully saturated rings. The van der Waals surface area contributed by atoms with Crippen LogP contribution >= 0.6 is 11.6 Å². The maximum atomic E-state index is 11.7. The van der Waals surface area contributed by atoms with E-state index in [2.05, 4.69) is 21.1 Å². The number of carbonyl (C=O) groups is 1. The highest BCUT2D eigenvalue weighted by atomic mass is 35.5. The molecule has 0 spiro atoms. The van der Waals surface area contributed by atoms with Crippen LogP contribution < -0.4 is 10.5 Å². The van der Waals surface area contributed by atoms with Gasteiger partial charge in [-0.2, -0.15) is 10.4 Å². The monoisotopic (exact) mass is 499 g/mol. The van der Waals surface area contributed by atoms with Crippen molar-refractivity contribution in [2.75, 3.05) is 32.0 Å². The molecular formula is C23H26ClN7O4. The Hall–Kier alpha value is -3.62. The number of nitrogens with two attached hydrogens (primary N) is 1. The summed E-state index contributed by atoms with van der Waals surface area (Å²) in [6, 6.07) is 3.60. The van der Waals surface area contributed by atoms with E-state index in [1.54, 1.807) is 17.7 Å². The van der Waals surface area contributed by atoms with Crippen LogP contribution in [0.1, 0.15) is 55.1 Å². The minimum atomic E-state index is -0.765. The van der Waals surface area contributed by atoms with Gasteiger partial charge in [0, 0.05) is 30.1 Å². The highest BCUT2D eigenvalue weighted by molar-refractivity contribution is 6.32. The van der Waals surface area contributed by atoms with E-state index in [0.29, 0.717) is 64.1 Å². The van der Waals surface area contributed by atoms with Gasteiger partial charge in [-0.3, -0.25) is 0 Å². The van der Waals surface area contributed by atoms with Crippen LogP contribution in [0.2, 0.25) is 5.02 Å². The second-order valence-corrected chi connectivity index (χ2v) is 8.50. The van der Waals surface area contributed by atoms with Gasteiger partial charge in [-0.1, -0.05) is 11.6 Å². The molecule has 11 nitrogen and oxygen atoms in total. The quantitative estimate of drug-likeness (QED) is 0.477. The van der Waals surface area contributed by atoms with Crippen molar-refractivity contribution in [1.82, 2.24) is 24.8 Å². The molecule has 3 aromatic rings. The van der Waals surface area contributed by atoms with E-state index in [-0.39, 0.29) is 18.6 Å². The predicted molar refractivity (Wildman–Crippen MR) is 128 cm³/mol. The normalized spacial score (nSPS) is 14.9. The zero-order valence-electron chi connectivity index (χ0n) is 19.9. The molecule has 2 N–H and O–H groups in total. The predicted octanol–water partition coefficient (Wildman–Crippen LogP) is 3.74. The van der Waals surface area contributed by atoms with Crippen molar-refractivity contribution in [2.24, 2.45) is 0 Å². The van der Waals surface area contributed by atoms with E-state index in [4.69, 9.17) is 31.6 Å². The molecule has 3 heterocycles. The van der Waals surface area contributed by atoms with Crippen molar-refractivity contribution in [3.63, 3.8) is 0 Å². The average molecular weight is 500 g/mol. The first kappa shape index (κ1) is 24.5. The van der Waals surface area contributed by atoms with E-state index in [1.807, 2.05) is 20.8 Å². The van der Waals surface area contributed by atoms with Crippen molar-refractivity contribution in [3.8, 4) is 11.8 Å². The summed E-state index contributed by atoms with van der Waals surface area (Å²) in [7, 11) is 0. The van der Waals surface area contributed by atoms with Crippen molar-refractivity contribution in [3.05, 3.63) is 39.8 Å². The van der Waals surface area contributed by atoms with Crippen LogP contribution in [0.4, 0.5) is 10.6 Å². The number of rotatable bonds is 7. The summed E-state index contributed by atoms with van der Waals surface area (Å²) < 4.78 is 12.7. The molecule has 35 heavy (non-hydrogen) atoms. The van der Waals surface area contributed by atoms with E-state index in [9.17, 15) is 10.1 Å². The highest BCUT2D eigenvalue weighted by Crippen LogP contribution is 2.44. The molecular weight excluding hydrogens is 474 g/mol. The second kappa shape index (κ2) is 9.93. The molecule has 12 heteroatoms. The van der Waals surface area contributed by atoms with Crippen LogP contribution in [-0.2, 0) is 9.57 Å². The van der Waals surface area contributed by atoms with Crippen LogP contribution in [0, 0.1) is 18.3 Å². The van der Waals surface area contributed by atoms with Gasteiger partial charge in [0.25, 0.3) is 0 Å². The summed E-state index contributed by atoms with van der Waals surface area (Å²) in [4.78, 5) is 25.3. The van der Waals surface area contributed by atoms with Gasteiger partial charge >= 0.3 is 6.16 Å². The van der Waals surface area contributed by atoms with Crippen molar-refractivity contribution < 1.29 is 19.1 Å². The Labute approximate surface area is 207 Å². The fourth-order valence-corrected chi connectivity index (χ4v) is 4.57. The Morgan fingerprint density at radius 3 is 2.74 bits per heavy atom. The molecule has 0 saturated carbocycles. The summed E-state index contributed by atoms with van der Waals surface area (Å²) in [5.74, 6) is 0.773. The van der Waals surface area contributed by atoms with Gasteiger partial charge in [-0.15, -0.1) is 5.06 Å². The lowest BCUT2D eigenvalue weighted by molar-refractivity contribution is -0.172. The van der Waals surface area contributed by atoms with Crippen LogP contribution in [-0.4, -0.2) is 57.3 Å². The Morgan fingerprint density at radius 2 is 2.09 bits per heavy atom. The number of nitrogens with zero attached hydrogens (tertiary/aromatic N) is 6. The standard InChI is InChI=1S/C23H26ClN7O4/c1-5-33-20-15(13(4)31-22-18(12(3)29-31)21(26)27-11-28-22)7-17(24)16(8-25)19(20)14-9-30(10-14)35-23(32)34-6-2/h7,11,13-14H,5-6,9-10H2,1-4H3,(H2,26,27,28). The number of hydrogen-bond donors (Lipinski definition) is 1. The maximum absolute atomic E-state index is 11.7. The minimum absolute atomic E-state index is 0.139. The van der Waals surface area contributed by atoms with Gasteiger partial charge in [0.2, 0.25) is 0 Å². The zero-order chi connectivity index (χ0) is 25.3. The molecule has 1 saturated heterocycles. The highest BCUT2D eigenvalue weighted by Gasteiger charge is 2.38. The lowest BCUT2D eigenvalue weighted by Crippen LogP contribution is -2.46. The third-order valence-electron chi connectivity index (χ3n) is 5.93. The van der Waals surface area contributed by atoms with Crippen molar-refractivity contribution in [1.29, 1.82) is 5.26 Å². The SMILES string of the molecule is CCOC(=O)ON1CC(c2c(C#N)c(Cl)cc(C(C)n3nc(C)c4c(N)ncnc43)c2OCC)C1. The van der Waals surface area contributed by atoms with Crippen LogP contribution in [0.5, 0.6) is 5.75 Å². The molecule has 184 valence electrons. The van der Waals surface area contributed by atoms with Crippen molar-refractivity contribution in [2.45, 2.75) is 39.7 Å². The largest absolute Gasteiger partial charge is 0.527 e. The first-order valence-electron chi connectivity index (χ1n) is 11.2. The number of hydrogen-bond acceptors (Lipinski definition) is 10. The number of halogens is 1. The number of aryl methyl sites for hydroxylation is 1. The Bertz CT molecular complexity index is 1310. The molecule has 1 unspecified atom stereocenters. The number of ether oxygens (including phenoxy) is 2. The number of nitrogen functional groups attached to an aromatic ring is 1. The summed E-state index contributed by atoms with van der Waals surface area (Å²) >= 11 is 6.60. The van der Waals surface area contributed by atoms with E-state index >= 15 is 0 Å². The number of aromatic nitrogens is 4. The van der Waals surface area contributed by atoms with Gasteiger partial charge in [0.1, 0.15) is 24.0 Å². The Morgan fingerprint density at radius 1 is 1.34 bits per heavy atom. The van der Waals surface area contributed by atoms with Gasteiger partial charge < -0.3 is 20.0 Å². The van der Waals surface area contributed by atoms with Crippen LogP contribution in [0.3, 0.4) is 0 Å². The van der Waals surface area contributed by atoms with Crippen molar-refractivity contribution >= 4 is 34.6 Å². The average Bonchev–Trinajstić information content (AvgIpc) is 3.14. The van der Waals surface area contributed by atoms with E-state index in [0.717, 1.165) is 5.56 Å². The van der Waals surface area contributed by atoms with Gasteiger partial charge in [-0.05, 0) is 33.8 Å². The molecule has 1 atom stereocenters. The third-order valence-corrected chi connectivity index (χ3v) is 6.23. The summed E-state index contributed by atoms with van der Waals surface area (Å²) in [6.45, 7) is 8.71. The molecule has 0 bridgehead atoms. The lowest BCUT2D eigenvalue weighted by Gasteiger charge is -2.38. The Kier molecular flexibility index (Phi) is 6.95. The molecule has 0 amide bonds. The number of fused-ring (bicyclic) bond motifs is 1. The first-order chi connectivity index (χ1) is 16.8. The van der Waals surface area contributed by atoms with Gasteiger partial charge in [0.05, 0.1) is 40.9 Å². The summed E-state index contributed by atoms with van der Waals surface area (Å²) in [5.41, 5.74) is 9.12. The molecule has 0 radical (unpaired) electrons. The molecule has 4 rings (SSSR count). The maximum Gasteiger partial charge on any atom is 0.527 e. The Balaban J connectivity index is 1.77. The number of nitriles is 1. The van der Waals surface area contributed by atoms with Crippen LogP contribution in [0.15, 0.2) is 12.4 Å². The number of carbonyl (C=O) groups excluding carboxylic acids is 1. The molecule has 0 aliphatic carbocycles. The molecule has 1 aliphatic heterocycles. The van der Waals surface area contributed by atoms with Crippen LogP contribution in [0.25, 0.3) is 11.0 Å². The summed E-state index contributed by atoms with van der Waals surface area (Å²) in [6.07, 6.45) is 0.633. The second-order valence-electron chi connectivity index (χ2n) is 8.09. The minimum Gasteiger partial charge on any atom is -0.493 e. The van der Waals surface area contributed by atoms with E-state index in [1.165, 1.54) is 11.4 Å². The first-order valence-corrected chi connectivity index (χ1v) is 11.6. The zero-order valence-corrected chi connectivity index (χ0v) is 20.7. The lowest BCUT2D eigenvalue weighted by atomic mass is 9.86. The third kappa shape index (κ3) is 4.42. The summed E-state index contributed by atoms with van der Waals surface area (Å²) in [5, 5.41) is 17.0. The smallest absolute Gasteiger partial charge is 0.493 e. The molecule has 2 aromatic heterocycles. The molecule has 1 aliphatic rings. The number of benzene rings is 1. The number of hydroxylamine groups is 2. The van der Waals surface area contributed by atoms with Gasteiger partial charge in [-0.25, -0.2) is 19.4 Å². The fraction of sp³-hybridized carbons (Fsp3) is 0.435. The van der Waals surface area contributed by atoms with E-state index < -0.39 is 6.16 Å². The topological polar surface area (TPSA) is 141 Å². The van der Waals surface area contributed by atoms with Gasteiger partial charge in [0.15, 0.2) is 5.65 Å². The number of anilines is 1. The molecule has 1 aromatic carbocycles. The fourth-order valence-electron chi connectivity index (χ4n) is 4.31.